The molecule has 0 spiro atoms. The summed E-state index contributed by atoms with van der Waals surface area (Å²) in [6.07, 6.45) is 0.585. The van der Waals surface area contributed by atoms with Gasteiger partial charge in [-0.1, -0.05) is 6.08 Å². The molecule has 0 bridgehead atoms. The fourth-order valence-electron chi connectivity index (χ4n) is 0.225. The average molecular weight is 148 g/mol. The van der Waals surface area contributed by atoms with Crippen LogP contribution in [0.15, 0.2) is 12.7 Å². The number of hydrogen-bond donors (Lipinski definition) is 2. The second-order valence-corrected chi connectivity index (χ2v) is 2.35. The monoisotopic (exact) mass is 148 g/mol. The maximum absolute atomic E-state index is 9.84. The lowest BCUT2D eigenvalue weighted by Crippen LogP contribution is -2.06. The minimum absolute atomic E-state index is 0.166. The molecule has 0 aromatic heterocycles. The fourth-order valence-corrected chi connectivity index (χ4v) is 0.674. The van der Waals surface area contributed by atoms with Gasteiger partial charge in [-0.15, -0.1) is 6.58 Å². The topological polar surface area (TPSA) is 57.5 Å². The third-order valence-corrected chi connectivity index (χ3v) is 1.40. The van der Waals surface area contributed by atoms with E-state index in [-0.39, 0.29) is 5.75 Å². The van der Waals surface area contributed by atoms with Gasteiger partial charge in [-0.3, -0.25) is 0 Å². The highest BCUT2D eigenvalue weighted by Crippen LogP contribution is 2.03. The van der Waals surface area contributed by atoms with Gasteiger partial charge >= 0.3 is 5.30 Å². The van der Waals surface area contributed by atoms with Crippen LogP contribution in [0.4, 0.5) is 4.79 Å². The van der Waals surface area contributed by atoms with Gasteiger partial charge in [-0.2, -0.15) is 0 Å². The van der Waals surface area contributed by atoms with Gasteiger partial charge in [0.2, 0.25) is 0 Å². The summed E-state index contributed by atoms with van der Waals surface area (Å²) in [6, 6.07) is 0. The molecule has 0 fully saturated rings. The molecule has 1 unspecified atom stereocenters. The number of aliphatic hydroxyl groups excluding tert-OH is 1. The van der Waals surface area contributed by atoms with Crippen LogP contribution in [0.3, 0.4) is 0 Å². The Kier molecular flexibility index (Phi) is 4.17. The van der Waals surface area contributed by atoms with Crippen molar-refractivity contribution in [3.8, 4) is 0 Å². The number of aliphatic hydroxyl groups is 1. The van der Waals surface area contributed by atoms with Gasteiger partial charge < -0.3 is 10.2 Å². The molecule has 0 aromatic carbocycles. The molecule has 0 radical (unpaired) electrons. The van der Waals surface area contributed by atoms with Gasteiger partial charge in [-0.05, 0) is 11.8 Å². The van der Waals surface area contributed by atoms with Gasteiger partial charge in [0.25, 0.3) is 0 Å². The summed E-state index contributed by atoms with van der Waals surface area (Å²) < 4.78 is 0. The summed E-state index contributed by atoms with van der Waals surface area (Å²) in [4.78, 5) is 9.84. The van der Waals surface area contributed by atoms with Crippen molar-refractivity contribution in [3.63, 3.8) is 0 Å². The van der Waals surface area contributed by atoms with E-state index < -0.39 is 11.4 Å². The lowest BCUT2D eigenvalue weighted by atomic mass is 10.4. The van der Waals surface area contributed by atoms with Crippen molar-refractivity contribution >= 4 is 17.1 Å². The Morgan fingerprint density at radius 1 is 1.89 bits per heavy atom. The number of hydrogen-bond acceptors (Lipinski definition) is 3. The predicted molar refractivity (Wildman–Crippen MR) is 36.7 cm³/mol. The summed E-state index contributed by atoms with van der Waals surface area (Å²) in [5.74, 6) is 0.166. The number of carboxylic acid groups (broad SMARTS) is 1. The van der Waals surface area contributed by atoms with Gasteiger partial charge in [0, 0.05) is 5.75 Å². The number of thioether (sulfide) groups is 1. The zero-order chi connectivity index (χ0) is 7.28. The Balaban J connectivity index is 3.26. The first-order chi connectivity index (χ1) is 4.16. The van der Waals surface area contributed by atoms with E-state index in [0.717, 1.165) is 0 Å². The number of rotatable bonds is 3. The van der Waals surface area contributed by atoms with E-state index in [1.54, 1.807) is 0 Å². The van der Waals surface area contributed by atoms with E-state index in [4.69, 9.17) is 10.2 Å². The molecule has 0 saturated carbocycles. The summed E-state index contributed by atoms with van der Waals surface area (Å²) in [7, 11) is 0. The van der Waals surface area contributed by atoms with Crippen molar-refractivity contribution < 1.29 is 15.0 Å². The van der Waals surface area contributed by atoms with E-state index in [0.29, 0.717) is 11.8 Å². The predicted octanol–water partition coefficient (Wildman–Crippen LogP) is 0.944. The Bertz CT molecular complexity index is 113. The van der Waals surface area contributed by atoms with Gasteiger partial charge in [-0.25, -0.2) is 4.79 Å². The zero-order valence-corrected chi connectivity index (χ0v) is 5.60. The molecule has 0 aliphatic rings. The van der Waals surface area contributed by atoms with Crippen LogP contribution in [0, 0.1) is 0 Å². The molecule has 3 nitrogen and oxygen atoms in total. The molecule has 4 heteroatoms. The molecular weight excluding hydrogens is 140 g/mol. The molecule has 0 amide bonds. The number of carbonyl (C=O) groups is 1. The minimum atomic E-state index is -0.976. The molecule has 0 heterocycles. The molecule has 0 rings (SSSR count). The molecule has 1 atom stereocenters. The van der Waals surface area contributed by atoms with Crippen molar-refractivity contribution in [2.75, 3.05) is 5.75 Å². The van der Waals surface area contributed by atoms with Crippen LogP contribution in [-0.4, -0.2) is 27.4 Å². The van der Waals surface area contributed by atoms with Crippen LogP contribution in [0.5, 0.6) is 0 Å². The second kappa shape index (κ2) is 4.40. The summed E-state index contributed by atoms with van der Waals surface area (Å²) in [6.45, 7) is 3.28. The van der Waals surface area contributed by atoms with Crippen molar-refractivity contribution in [2.24, 2.45) is 0 Å². The lowest BCUT2D eigenvalue weighted by molar-refractivity contribution is 0.221. The van der Waals surface area contributed by atoms with E-state index in [1.165, 1.54) is 6.08 Å². The first-order valence-electron chi connectivity index (χ1n) is 2.33. The average Bonchev–Trinajstić information content (AvgIpc) is 1.83. The van der Waals surface area contributed by atoms with E-state index in [1.807, 2.05) is 0 Å². The van der Waals surface area contributed by atoms with Crippen LogP contribution >= 0.6 is 11.8 Å². The van der Waals surface area contributed by atoms with Crippen LogP contribution < -0.4 is 0 Å². The second-order valence-electron chi connectivity index (χ2n) is 1.38. The van der Waals surface area contributed by atoms with E-state index >= 15 is 0 Å². The smallest absolute Gasteiger partial charge is 0.364 e. The van der Waals surface area contributed by atoms with E-state index in [9.17, 15) is 4.79 Å². The zero-order valence-electron chi connectivity index (χ0n) is 4.78. The Morgan fingerprint density at radius 3 is 2.78 bits per heavy atom. The Hall–Kier alpha value is -0.480. The Labute approximate surface area is 57.4 Å². The molecule has 52 valence electrons. The molecule has 0 aromatic rings. The van der Waals surface area contributed by atoms with Crippen molar-refractivity contribution in [3.05, 3.63) is 12.7 Å². The first-order valence-corrected chi connectivity index (χ1v) is 3.31. The van der Waals surface area contributed by atoms with E-state index in [2.05, 4.69) is 6.58 Å². The quantitative estimate of drug-likeness (QED) is 0.585. The van der Waals surface area contributed by atoms with Crippen LogP contribution in [0.2, 0.25) is 0 Å². The molecule has 0 saturated heterocycles. The lowest BCUT2D eigenvalue weighted by Gasteiger charge is -1.98. The molecule has 0 aliphatic heterocycles. The van der Waals surface area contributed by atoms with Crippen LogP contribution in [0.25, 0.3) is 0 Å². The summed E-state index contributed by atoms with van der Waals surface area (Å²) in [5.41, 5.74) is 0. The maximum atomic E-state index is 9.84. The van der Waals surface area contributed by atoms with Gasteiger partial charge in [0.1, 0.15) is 0 Å². The standard InChI is InChI=1S/C5H8O3S/c1-2-4(6)3-9-5(7)8/h2,4,6H,1,3H2,(H,7,8). The summed E-state index contributed by atoms with van der Waals surface area (Å²) >= 11 is 0.659. The highest BCUT2D eigenvalue weighted by atomic mass is 32.2. The molecular formula is C5H8O3S. The third-order valence-electron chi connectivity index (χ3n) is 0.650. The third kappa shape index (κ3) is 5.39. The van der Waals surface area contributed by atoms with Crippen molar-refractivity contribution in [1.29, 1.82) is 0 Å². The molecule has 2 N–H and O–H groups in total. The first kappa shape index (κ1) is 8.52. The highest BCUT2D eigenvalue weighted by Gasteiger charge is 2.01. The Morgan fingerprint density at radius 2 is 2.44 bits per heavy atom. The normalized spacial score (nSPS) is 12.6. The van der Waals surface area contributed by atoms with Crippen LogP contribution in [-0.2, 0) is 0 Å². The fraction of sp³-hybridized carbons (Fsp3) is 0.400. The maximum Gasteiger partial charge on any atom is 0.364 e. The van der Waals surface area contributed by atoms with Crippen molar-refractivity contribution in [1.82, 2.24) is 0 Å². The van der Waals surface area contributed by atoms with Gasteiger partial charge in [0.15, 0.2) is 0 Å². The molecule has 0 aliphatic carbocycles. The minimum Gasteiger partial charge on any atom is -0.473 e. The SMILES string of the molecule is C=CC(O)CSC(=O)O. The summed E-state index contributed by atoms with van der Waals surface area (Å²) in [5, 5.41) is 15.8. The highest BCUT2D eigenvalue weighted by molar-refractivity contribution is 8.13. The largest absolute Gasteiger partial charge is 0.473 e. The molecule has 9 heavy (non-hydrogen) atoms. The van der Waals surface area contributed by atoms with Crippen molar-refractivity contribution in [2.45, 2.75) is 6.10 Å². The van der Waals surface area contributed by atoms with Crippen LogP contribution in [0.1, 0.15) is 0 Å². The van der Waals surface area contributed by atoms with Gasteiger partial charge in [0.05, 0.1) is 6.10 Å².